The molecule has 0 amide bonds. The fourth-order valence-corrected chi connectivity index (χ4v) is 1.42. The van der Waals surface area contributed by atoms with Crippen LogP contribution in [0, 0.1) is 5.82 Å². The normalized spacial score (nSPS) is 10.4. The number of nitrogens with two attached hydrogens (primary N) is 1. The smallest absolute Gasteiger partial charge is 0.196 e. The predicted molar refractivity (Wildman–Crippen MR) is 56.6 cm³/mol. The van der Waals surface area contributed by atoms with Crippen LogP contribution in [0.1, 0.15) is 0 Å². The number of hydrogen-bond acceptors (Lipinski definition) is 4. The molecule has 0 aliphatic carbocycles. The molecular formula is C10H10FN3O2. The van der Waals surface area contributed by atoms with E-state index in [0.717, 1.165) is 0 Å². The predicted octanol–water partition coefficient (Wildman–Crippen LogP) is 1.51. The summed E-state index contributed by atoms with van der Waals surface area (Å²) >= 11 is 0. The number of H-pyrrole nitrogens is 1. The van der Waals surface area contributed by atoms with Gasteiger partial charge in [-0.1, -0.05) is 0 Å². The number of benzene rings is 1. The second kappa shape index (κ2) is 3.73. The average molecular weight is 223 g/mol. The van der Waals surface area contributed by atoms with Crippen molar-refractivity contribution in [2.75, 3.05) is 12.8 Å². The van der Waals surface area contributed by atoms with E-state index in [2.05, 4.69) is 10.2 Å². The third-order valence-corrected chi connectivity index (χ3v) is 2.14. The van der Waals surface area contributed by atoms with Gasteiger partial charge in [0.15, 0.2) is 17.3 Å². The zero-order valence-corrected chi connectivity index (χ0v) is 8.49. The van der Waals surface area contributed by atoms with Crippen molar-refractivity contribution in [1.82, 2.24) is 10.2 Å². The van der Waals surface area contributed by atoms with Gasteiger partial charge in [0.2, 0.25) is 0 Å². The Bertz CT molecular complexity index is 502. The van der Waals surface area contributed by atoms with Crippen LogP contribution in [0.2, 0.25) is 0 Å². The lowest BCUT2D eigenvalue weighted by atomic mass is 10.1. The number of phenolic OH excluding ortho intramolecular Hbond substituents is 1. The molecule has 6 heteroatoms. The number of nitrogens with zero attached hydrogens (tertiary/aromatic N) is 1. The molecule has 2 aromatic rings. The number of rotatable bonds is 2. The second-order valence-electron chi connectivity index (χ2n) is 3.22. The van der Waals surface area contributed by atoms with Crippen LogP contribution in [0.3, 0.4) is 0 Å². The molecular weight excluding hydrogens is 213 g/mol. The lowest BCUT2D eigenvalue weighted by Crippen LogP contribution is -1.90. The highest BCUT2D eigenvalue weighted by atomic mass is 19.1. The maximum absolute atomic E-state index is 13.5. The summed E-state index contributed by atoms with van der Waals surface area (Å²) in [5.41, 5.74) is 6.39. The van der Waals surface area contributed by atoms with Gasteiger partial charge < -0.3 is 15.6 Å². The molecule has 16 heavy (non-hydrogen) atoms. The van der Waals surface area contributed by atoms with Gasteiger partial charge in [0.25, 0.3) is 0 Å². The Morgan fingerprint density at radius 1 is 1.44 bits per heavy atom. The van der Waals surface area contributed by atoms with Crippen molar-refractivity contribution in [2.45, 2.75) is 0 Å². The fourth-order valence-electron chi connectivity index (χ4n) is 1.42. The molecule has 0 spiro atoms. The molecule has 4 N–H and O–H groups in total. The molecule has 0 radical (unpaired) electrons. The zero-order chi connectivity index (χ0) is 11.7. The molecule has 2 rings (SSSR count). The van der Waals surface area contributed by atoms with Gasteiger partial charge in [0, 0.05) is 11.6 Å². The Balaban J connectivity index is 2.52. The van der Waals surface area contributed by atoms with E-state index in [1.165, 1.54) is 19.2 Å². The number of aromatic amines is 1. The summed E-state index contributed by atoms with van der Waals surface area (Å²) in [5, 5.41) is 15.8. The summed E-state index contributed by atoms with van der Waals surface area (Å²) in [6.45, 7) is 0. The van der Waals surface area contributed by atoms with Crippen molar-refractivity contribution >= 4 is 5.82 Å². The Labute approximate surface area is 90.7 Å². The number of halogens is 1. The van der Waals surface area contributed by atoms with E-state index in [1.54, 1.807) is 6.07 Å². The highest BCUT2D eigenvalue weighted by Crippen LogP contribution is 2.33. The Kier molecular flexibility index (Phi) is 2.40. The molecule has 0 fully saturated rings. The van der Waals surface area contributed by atoms with Crippen LogP contribution in [0.5, 0.6) is 11.5 Å². The van der Waals surface area contributed by atoms with Crippen molar-refractivity contribution in [1.29, 1.82) is 0 Å². The molecule has 0 saturated carbocycles. The first-order valence-corrected chi connectivity index (χ1v) is 4.49. The number of nitrogens with one attached hydrogen (secondary N) is 1. The molecule has 0 unspecified atom stereocenters. The van der Waals surface area contributed by atoms with Gasteiger partial charge in [-0.3, -0.25) is 5.10 Å². The van der Waals surface area contributed by atoms with Crippen molar-refractivity contribution in [3.8, 4) is 22.8 Å². The minimum Gasteiger partial charge on any atom is -0.504 e. The summed E-state index contributed by atoms with van der Waals surface area (Å²) in [6.07, 6.45) is 0. The fraction of sp³-hybridized carbons (Fsp3) is 0.100. The van der Waals surface area contributed by atoms with Gasteiger partial charge in [-0.15, -0.1) is 0 Å². The van der Waals surface area contributed by atoms with Crippen LogP contribution in [-0.4, -0.2) is 22.4 Å². The van der Waals surface area contributed by atoms with Crippen LogP contribution in [0.25, 0.3) is 11.3 Å². The topological polar surface area (TPSA) is 84.2 Å². The minimum atomic E-state index is -0.648. The van der Waals surface area contributed by atoms with Crippen LogP contribution < -0.4 is 10.5 Å². The van der Waals surface area contributed by atoms with Gasteiger partial charge in [0.1, 0.15) is 5.82 Å². The molecule has 1 aromatic heterocycles. The third kappa shape index (κ3) is 1.65. The molecule has 0 aliphatic rings. The number of anilines is 1. The van der Waals surface area contributed by atoms with Gasteiger partial charge in [-0.25, -0.2) is 4.39 Å². The number of phenols is 1. The van der Waals surface area contributed by atoms with Crippen molar-refractivity contribution in [2.24, 2.45) is 0 Å². The highest BCUT2D eigenvalue weighted by molar-refractivity contribution is 5.66. The van der Waals surface area contributed by atoms with E-state index in [-0.39, 0.29) is 11.5 Å². The molecule has 1 aromatic carbocycles. The summed E-state index contributed by atoms with van der Waals surface area (Å²) in [5.74, 6) is -0.807. The third-order valence-electron chi connectivity index (χ3n) is 2.14. The average Bonchev–Trinajstić information content (AvgIpc) is 2.64. The van der Waals surface area contributed by atoms with E-state index in [4.69, 9.17) is 10.5 Å². The number of nitrogen functional groups attached to an aromatic ring is 1. The summed E-state index contributed by atoms with van der Waals surface area (Å²) < 4.78 is 18.1. The lowest BCUT2D eigenvalue weighted by molar-refractivity contribution is 0.351. The number of aromatic nitrogens is 2. The molecule has 5 nitrogen and oxygen atoms in total. The second-order valence-corrected chi connectivity index (χ2v) is 3.22. The number of hydrogen-bond donors (Lipinski definition) is 3. The summed E-state index contributed by atoms with van der Waals surface area (Å²) in [6, 6.07) is 4.14. The molecule has 0 atom stereocenters. The van der Waals surface area contributed by atoms with E-state index in [9.17, 15) is 9.50 Å². The van der Waals surface area contributed by atoms with Crippen LogP contribution in [0.4, 0.5) is 10.2 Å². The van der Waals surface area contributed by atoms with Crippen LogP contribution in [0.15, 0.2) is 18.2 Å². The molecule has 1 heterocycles. The molecule has 84 valence electrons. The van der Waals surface area contributed by atoms with Gasteiger partial charge in [0.05, 0.1) is 12.8 Å². The highest BCUT2D eigenvalue weighted by Gasteiger charge is 2.12. The monoisotopic (exact) mass is 223 g/mol. The minimum absolute atomic E-state index is 0.184. The standard InChI is InChI=1S/C10H10FN3O2/c1-16-10-6(11)2-5(3-8(10)15)7-4-9(12)14-13-7/h2-4,15H,1H3,(H3,12,13,14). The first-order chi connectivity index (χ1) is 7.61. The van der Waals surface area contributed by atoms with E-state index in [0.29, 0.717) is 17.1 Å². The van der Waals surface area contributed by atoms with E-state index < -0.39 is 5.82 Å². The number of methoxy groups -OCH3 is 1. The molecule has 0 saturated heterocycles. The largest absolute Gasteiger partial charge is 0.504 e. The van der Waals surface area contributed by atoms with Crippen molar-refractivity contribution < 1.29 is 14.2 Å². The van der Waals surface area contributed by atoms with Crippen LogP contribution >= 0.6 is 0 Å². The number of aromatic hydroxyl groups is 1. The van der Waals surface area contributed by atoms with Gasteiger partial charge >= 0.3 is 0 Å². The molecule has 0 bridgehead atoms. The maximum Gasteiger partial charge on any atom is 0.196 e. The first kappa shape index (κ1) is 10.3. The van der Waals surface area contributed by atoms with Gasteiger partial charge in [-0.2, -0.15) is 5.10 Å². The lowest BCUT2D eigenvalue weighted by Gasteiger charge is -2.06. The Hall–Kier alpha value is -2.24. The quantitative estimate of drug-likeness (QED) is 0.720. The first-order valence-electron chi connectivity index (χ1n) is 4.49. The summed E-state index contributed by atoms with van der Waals surface area (Å²) in [4.78, 5) is 0. The Morgan fingerprint density at radius 2 is 2.19 bits per heavy atom. The maximum atomic E-state index is 13.5. The van der Waals surface area contributed by atoms with Gasteiger partial charge in [-0.05, 0) is 12.1 Å². The number of ether oxygens (including phenoxy) is 1. The summed E-state index contributed by atoms with van der Waals surface area (Å²) in [7, 11) is 1.28. The van der Waals surface area contributed by atoms with Crippen LogP contribution in [-0.2, 0) is 0 Å². The van der Waals surface area contributed by atoms with Crippen molar-refractivity contribution in [3.63, 3.8) is 0 Å². The van der Waals surface area contributed by atoms with E-state index in [1.807, 2.05) is 0 Å². The zero-order valence-electron chi connectivity index (χ0n) is 8.49. The SMILES string of the molecule is COc1c(O)cc(-c2cc(N)n[nH]2)cc1F. The van der Waals surface area contributed by atoms with E-state index >= 15 is 0 Å². The Morgan fingerprint density at radius 3 is 2.69 bits per heavy atom. The molecule has 0 aliphatic heterocycles. The van der Waals surface area contributed by atoms with Crippen molar-refractivity contribution in [3.05, 3.63) is 24.0 Å².